The molecule has 1 amide bonds. The van der Waals surface area contributed by atoms with Crippen LogP contribution in [0, 0.1) is 0 Å². The molecule has 0 aliphatic carbocycles. The predicted octanol–water partition coefficient (Wildman–Crippen LogP) is 7.21. The van der Waals surface area contributed by atoms with Crippen LogP contribution in [-0.4, -0.2) is 22.1 Å². The van der Waals surface area contributed by atoms with Gasteiger partial charge in [0.05, 0.1) is 5.02 Å². The summed E-state index contributed by atoms with van der Waals surface area (Å²) in [6.07, 6.45) is -0.838. The predicted molar refractivity (Wildman–Crippen MR) is 144 cm³/mol. The number of thiocarbonyl (C=S) groups is 1. The Bertz CT molecular complexity index is 1400. The molecule has 0 aliphatic rings. The maximum absolute atomic E-state index is 12.5. The fourth-order valence-electron chi connectivity index (χ4n) is 3.35. The molecule has 4 aromatic rings. The van der Waals surface area contributed by atoms with E-state index in [9.17, 15) is 4.79 Å². The molecule has 0 spiro atoms. The molecule has 1 aromatic heterocycles. The number of amides is 1. The first kappa shape index (κ1) is 25.0. The lowest BCUT2D eigenvalue weighted by Crippen LogP contribution is -2.42. The van der Waals surface area contributed by atoms with Crippen molar-refractivity contribution in [1.29, 1.82) is 0 Å². The molecule has 6 nitrogen and oxygen atoms in total. The summed E-state index contributed by atoms with van der Waals surface area (Å²) in [5.41, 5.74) is 4.18. The molecule has 35 heavy (non-hydrogen) atoms. The summed E-state index contributed by atoms with van der Waals surface area (Å²) < 4.78 is 11.6. The van der Waals surface area contributed by atoms with Crippen LogP contribution in [0.3, 0.4) is 0 Å². The maximum atomic E-state index is 12.5. The van der Waals surface area contributed by atoms with E-state index >= 15 is 0 Å². The Kier molecular flexibility index (Phi) is 7.60. The number of oxazole rings is 1. The molecule has 0 radical (unpaired) electrons. The van der Waals surface area contributed by atoms with E-state index in [-0.39, 0.29) is 5.11 Å². The van der Waals surface area contributed by atoms with Gasteiger partial charge in [0, 0.05) is 16.3 Å². The van der Waals surface area contributed by atoms with Crippen molar-refractivity contribution in [3.8, 4) is 17.2 Å². The summed E-state index contributed by atoms with van der Waals surface area (Å²) in [7, 11) is 0. The van der Waals surface area contributed by atoms with Crippen LogP contribution in [0.4, 0.5) is 5.69 Å². The van der Waals surface area contributed by atoms with E-state index in [1.165, 1.54) is 5.56 Å². The lowest BCUT2D eigenvalue weighted by molar-refractivity contribution is -0.125. The van der Waals surface area contributed by atoms with E-state index < -0.39 is 12.0 Å². The van der Waals surface area contributed by atoms with Gasteiger partial charge in [-0.2, -0.15) is 0 Å². The number of hydrogen-bond donors (Lipinski definition) is 2. The van der Waals surface area contributed by atoms with E-state index in [1.807, 2.05) is 42.5 Å². The molecule has 0 aliphatic heterocycles. The minimum atomic E-state index is -0.838. The average Bonchev–Trinajstić information content (AvgIpc) is 3.24. The van der Waals surface area contributed by atoms with Crippen molar-refractivity contribution in [2.45, 2.75) is 32.8 Å². The monoisotopic (exact) mass is 527 g/mol. The van der Waals surface area contributed by atoms with Crippen molar-refractivity contribution in [1.82, 2.24) is 10.3 Å². The van der Waals surface area contributed by atoms with Crippen LogP contribution >= 0.6 is 35.4 Å². The summed E-state index contributed by atoms with van der Waals surface area (Å²) in [5.74, 6) is 0.828. The third kappa shape index (κ3) is 6.11. The molecule has 2 N–H and O–H groups in total. The number of halogens is 2. The summed E-state index contributed by atoms with van der Waals surface area (Å²) in [6.45, 7) is 5.87. The number of hydrogen-bond acceptors (Lipinski definition) is 5. The first-order valence-corrected chi connectivity index (χ1v) is 12.1. The van der Waals surface area contributed by atoms with E-state index in [2.05, 4.69) is 29.5 Å². The van der Waals surface area contributed by atoms with Crippen LogP contribution in [0.2, 0.25) is 10.0 Å². The number of fused-ring (bicyclic) bond motifs is 1. The first-order valence-electron chi connectivity index (χ1n) is 10.9. The Morgan fingerprint density at radius 2 is 1.86 bits per heavy atom. The van der Waals surface area contributed by atoms with Gasteiger partial charge in [0.2, 0.25) is 5.89 Å². The molecule has 180 valence electrons. The fraction of sp³-hybridized carbons (Fsp3) is 0.192. The van der Waals surface area contributed by atoms with Crippen LogP contribution < -0.4 is 15.4 Å². The van der Waals surface area contributed by atoms with Gasteiger partial charge in [0.1, 0.15) is 11.3 Å². The van der Waals surface area contributed by atoms with Crippen molar-refractivity contribution in [2.75, 3.05) is 5.32 Å². The molecule has 1 unspecified atom stereocenters. The molecule has 3 aromatic carbocycles. The second-order valence-electron chi connectivity index (χ2n) is 8.26. The smallest absolute Gasteiger partial charge is 0.266 e. The van der Waals surface area contributed by atoms with Crippen LogP contribution in [0.25, 0.3) is 22.6 Å². The van der Waals surface area contributed by atoms with Gasteiger partial charge < -0.3 is 14.5 Å². The lowest BCUT2D eigenvalue weighted by atomic mass is 10.0. The van der Waals surface area contributed by atoms with E-state index in [0.717, 1.165) is 16.7 Å². The van der Waals surface area contributed by atoms with Gasteiger partial charge in [-0.3, -0.25) is 10.1 Å². The highest BCUT2D eigenvalue weighted by Crippen LogP contribution is 2.29. The highest BCUT2D eigenvalue weighted by molar-refractivity contribution is 7.80. The Labute approximate surface area is 218 Å². The van der Waals surface area contributed by atoms with Gasteiger partial charge in [-0.1, -0.05) is 49.2 Å². The first-order chi connectivity index (χ1) is 16.7. The SMILES string of the molecule is CC(Oc1ccc(Cl)cc1Cl)C(=O)NC(=S)Nc1cccc(-c2nc3cc(C(C)C)ccc3o2)c1. The second kappa shape index (κ2) is 10.6. The number of nitrogens with one attached hydrogen (secondary N) is 2. The second-order valence-corrected chi connectivity index (χ2v) is 9.51. The number of carbonyl (C=O) groups is 1. The van der Waals surface area contributed by atoms with Gasteiger partial charge >= 0.3 is 0 Å². The molecule has 1 atom stereocenters. The van der Waals surface area contributed by atoms with E-state index in [1.54, 1.807) is 25.1 Å². The largest absolute Gasteiger partial charge is 0.479 e. The van der Waals surface area contributed by atoms with Gasteiger partial charge in [0.25, 0.3) is 5.91 Å². The van der Waals surface area contributed by atoms with Gasteiger partial charge in [-0.15, -0.1) is 0 Å². The number of ether oxygens (including phenoxy) is 1. The number of benzene rings is 3. The quantitative estimate of drug-likeness (QED) is 0.258. The summed E-state index contributed by atoms with van der Waals surface area (Å²) in [6, 6.07) is 18.2. The van der Waals surface area contributed by atoms with Gasteiger partial charge in [-0.25, -0.2) is 4.98 Å². The summed E-state index contributed by atoms with van der Waals surface area (Å²) in [4.78, 5) is 17.2. The minimum absolute atomic E-state index is 0.129. The molecular formula is C26H23Cl2N3O3S. The zero-order valence-corrected chi connectivity index (χ0v) is 21.6. The number of nitrogens with zero attached hydrogens (tertiary/aromatic N) is 1. The summed E-state index contributed by atoms with van der Waals surface area (Å²) >= 11 is 17.3. The average molecular weight is 528 g/mol. The van der Waals surface area contributed by atoms with Crippen molar-refractivity contribution in [2.24, 2.45) is 0 Å². The molecule has 9 heteroatoms. The normalized spacial score (nSPS) is 11.9. The third-order valence-corrected chi connectivity index (χ3v) is 5.98. The molecule has 4 rings (SSSR count). The Morgan fingerprint density at radius 3 is 2.60 bits per heavy atom. The number of carbonyl (C=O) groups excluding carboxylic acids is 1. The standard InChI is InChI=1S/C26H23Cl2N3O3S/c1-14(2)16-7-9-23-21(12-16)30-25(34-23)17-5-4-6-19(11-17)29-26(35)31-24(32)15(3)33-22-10-8-18(27)13-20(22)28/h4-15H,1-3H3,(H2,29,31,32,35). The molecular weight excluding hydrogens is 505 g/mol. The zero-order chi connectivity index (χ0) is 25.1. The van der Waals surface area contributed by atoms with Gasteiger partial charge in [-0.05, 0) is 79.2 Å². The van der Waals surface area contributed by atoms with E-state index in [0.29, 0.717) is 33.3 Å². The number of aromatic nitrogens is 1. The fourth-order valence-corrected chi connectivity index (χ4v) is 4.02. The highest BCUT2D eigenvalue weighted by atomic mass is 35.5. The van der Waals surface area contributed by atoms with E-state index in [4.69, 9.17) is 44.6 Å². The van der Waals surface area contributed by atoms with Crippen molar-refractivity contribution in [3.63, 3.8) is 0 Å². The van der Waals surface area contributed by atoms with Crippen LogP contribution in [-0.2, 0) is 4.79 Å². The van der Waals surface area contributed by atoms with Crippen LogP contribution in [0.15, 0.2) is 65.1 Å². The zero-order valence-electron chi connectivity index (χ0n) is 19.3. The molecule has 0 saturated carbocycles. The Morgan fingerprint density at radius 1 is 1.06 bits per heavy atom. The summed E-state index contributed by atoms with van der Waals surface area (Å²) in [5, 5.41) is 6.55. The van der Waals surface area contributed by atoms with Crippen molar-refractivity contribution >= 4 is 63.2 Å². The molecule has 0 bridgehead atoms. The topological polar surface area (TPSA) is 76.4 Å². The third-order valence-electron chi connectivity index (χ3n) is 5.25. The minimum Gasteiger partial charge on any atom is -0.479 e. The maximum Gasteiger partial charge on any atom is 0.266 e. The number of rotatable bonds is 6. The van der Waals surface area contributed by atoms with Crippen LogP contribution in [0.5, 0.6) is 5.75 Å². The Hall–Kier alpha value is -3.13. The molecule has 0 saturated heterocycles. The molecule has 0 fully saturated rings. The lowest BCUT2D eigenvalue weighted by Gasteiger charge is -2.16. The van der Waals surface area contributed by atoms with Crippen LogP contribution in [0.1, 0.15) is 32.3 Å². The van der Waals surface area contributed by atoms with Gasteiger partial charge in [0.15, 0.2) is 16.8 Å². The number of anilines is 1. The molecule has 1 heterocycles. The Balaban J connectivity index is 1.41. The van der Waals surface area contributed by atoms with Crippen molar-refractivity contribution in [3.05, 3.63) is 76.3 Å². The highest BCUT2D eigenvalue weighted by Gasteiger charge is 2.18. The van der Waals surface area contributed by atoms with Crippen molar-refractivity contribution < 1.29 is 13.9 Å².